The minimum Gasteiger partial charge on any atom is -0.508 e. The zero-order valence-electron chi connectivity index (χ0n) is 21.4. The third-order valence-corrected chi connectivity index (χ3v) is 6.39. The number of hydrogen-bond donors (Lipinski definition) is 5. The lowest BCUT2D eigenvalue weighted by Gasteiger charge is -2.14. The van der Waals surface area contributed by atoms with Gasteiger partial charge < -0.3 is 35.8 Å². The maximum atomic E-state index is 10.4. The summed E-state index contributed by atoms with van der Waals surface area (Å²) in [6.07, 6.45) is 0.0538. The number of aliphatic hydroxyl groups is 2. The maximum Gasteiger partial charge on any atom is 0.128 e. The Morgan fingerprint density at radius 2 is 1.68 bits per heavy atom. The summed E-state index contributed by atoms with van der Waals surface area (Å²) in [5, 5.41) is 32.6. The highest BCUT2D eigenvalue weighted by Crippen LogP contribution is 2.35. The highest BCUT2D eigenvalue weighted by Gasteiger charge is 2.11. The van der Waals surface area contributed by atoms with Crippen LogP contribution in [0.1, 0.15) is 28.4 Å². The van der Waals surface area contributed by atoms with Crippen molar-refractivity contribution in [2.24, 2.45) is 5.73 Å². The van der Waals surface area contributed by atoms with E-state index in [1.807, 2.05) is 60.7 Å². The molecule has 4 aromatic carbocycles. The van der Waals surface area contributed by atoms with E-state index in [2.05, 4.69) is 11.4 Å². The molecule has 0 aromatic heterocycles. The molecule has 38 heavy (non-hydrogen) atoms. The predicted octanol–water partition coefficient (Wildman–Crippen LogP) is 4.68. The van der Waals surface area contributed by atoms with Crippen LogP contribution in [0, 0.1) is 0 Å². The van der Waals surface area contributed by atoms with Gasteiger partial charge in [0.15, 0.2) is 0 Å². The van der Waals surface area contributed by atoms with E-state index in [-0.39, 0.29) is 12.4 Å². The molecule has 0 radical (unpaired) electrons. The third-order valence-electron chi connectivity index (χ3n) is 6.39. The van der Waals surface area contributed by atoms with Crippen LogP contribution in [0.15, 0.2) is 84.9 Å². The zero-order valence-corrected chi connectivity index (χ0v) is 21.4. The third kappa shape index (κ3) is 6.90. The molecule has 0 saturated carbocycles. The summed E-state index contributed by atoms with van der Waals surface area (Å²) in [6.45, 7) is 1.25. The predicted molar refractivity (Wildman–Crippen MR) is 148 cm³/mol. The van der Waals surface area contributed by atoms with Crippen molar-refractivity contribution in [3.8, 4) is 34.1 Å². The molecule has 0 saturated heterocycles. The summed E-state index contributed by atoms with van der Waals surface area (Å²) in [7, 11) is 1.65. The van der Waals surface area contributed by atoms with Gasteiger partial charge in [-0.2, -0.15) is 0 Å². The van der Waals surface area contributed by atoms with Crippen molar-refractivity contribution in [2.45, 2.75) is 25.7 Å². The molecule has 0 aliphatic rings. The number of aliphatic hydroxyl groups excluding tert-OH is 2. The van der Waals surface area contributed by atoms with E-state index < -0.39 is 6.10 Å². The van der Waals surface area contributed by atoms with E-state index >= 15 is 0 Å². The molecule has 0 amide bonds. The number of rotatable bonds is 12. The molecule has 7 nitrogen and oxygen atoms in total. The molecule has 0 fully saturated rings. The molecule has 0 aliphatic carbocycles. The van der Waals surface area contributed by atoms with E-state index in [1.54, 1.807) is 19.2 Å². The monoisotopic (exact) mass is 514 g/mol. The van der Waals surface area contributed by atoms with E-state index in [9.17, 15) is 15.3 Å². The van der Waals surface area contributed by atoms with Crippen molar-refractivity contribution in [1.29, 1.82) is 0 Å². The molecule has 0 aliphatic heterocycles. The second kappa shape index (κ2) is 13.1. The van der Waals surface area contributed by atoms with Crippen molar-refractivity contribution < 1.29 is 24.8 Å². The Morgan fingerprint density at radius 3 is 2.42 bits per heavy atom. The molecule has 0 spiro atoms. The van der Waals surface area contributed by atoms with Crippen LogP contribution in [0.2, 0.25) is 0 Å². The van der Waals surface area contributed by atoms with Gasteiger partial charge in [0.2, 0.25) is 0 Å². The topological polar surface area (TPSA) is 117 Å². The van der Waals surface area contributed by atoms with Gasteiger partial charge in [-0.3, -0.25) is 0 Å². The number of ether oxygens (including phenoxy) is 2. The number of nitrogens with one attached hydrogen (secondary N) is 1. The Kier molecular flexibility index (Phi) is 9.35. The lowest BCUT2D eigenvalue weighted by Crippen LogP contribution is -2.23. The number of benzene rings is 4. The number of aromatic hydroxyl groups is 1. The van der Waals surface area contributed by atoms with Gasteiger partial charge in [-0.05, 0) is 83.8 Å². The molecule has 1 unspecified atom stereocenters. The van der Waals surface area contributed by atoms with Crippen LogP contribution in [0.4, 0.5) is 0 Å². The van der Waals surface area contributed by atoms with Gasteiger partial charge >= 0.3 is 0 Å². The molecule has 0 bridgehead atoms. The van der Waals surface area contributed by atoms with Crippen molar-refractivity contribution in [1.82, 2.24) is 5.32 Å². The molecule has 1 atom stereocenters. The summed E-state index contributed by atoms with van der Waals surface area (Å²) in [6, 6.07) is 26.5. The molecule has 4 aromatic rings. The first-order valence-corrected chi connectivity index (χ1v) is 12.6. The molecule has 198 valence electrons. The highest BCUT2D eigenvalue weighted by molar-refractivity contribution is 5.72. The second-order valence-electron chi connectivity index (χ2n) is 9.03. The second-order valence-corrected chi connectivity index (χ2v) is 9.03. The van der Waals surface area contributed by atoms with Crippen LogP contribution < -0.4 is 20.5 Å². The average Bonchev–Trinajstić information content (AvgIpc) is 2.96. The van der Waals surface area contributed by atoms with Crippen molar-refractivity contribution in [3.05, 3.63) is 107 Å². The van der Waals surface area contributed by atoms with Crippen LogP contribution >= 0.6 is 0 Å². The molecular weight excluding hydrogens is 480 g/mol. The smallest absolute Gasteiger partial charge is 0.128 e. The lowest BCUT2D eigenvalue weighted by molar-refractivity contribution is 0.174. The number of nitrogens with two attached hydrogens (primary N) is 1. The molecule has 6 N–H and O–H groups in total. The molecule has 4 rings (SSSR count). The fourth-order valence-corrected chi connectivity index (χ4v) is 4.23. The van der Waals surface area contributed by atoms with Crippen LogP contribution in [0.25, 0.3) is 11.1 Å². The van der Waals surface area contributed by atoms with E-state index in [0.717, 1.165) is 40.2 Å². The van der Waals surface area contributed by atoms with Gasteiger partial charge in [-0.15, -0.1) is 0 Å². The molecular formula is C31H34N2O5. The van der Waals surface area contributed by atoms with Crippen molar-refractivity contribution >= 4 is 0 Å². The van der Waals surface area contributed by atoms with Crippen LogP contribution in [-0.4, -0.2) is 35.5 Å². The normalized spacial score (nSPS) is 11.8. The quantitative estimate of drug-likeness (QED) is 0.174. The Labute approximate surface area is 223 Å². The van der Waals surface area contributed by atoms with E-state index in [4.69, 9.17) is 15.2 Å². The van der Waals surface area contributed by atoms with E-state index in [0.29, 0.717) is 36.5 Å². The fraction of sp³-hybridized carbons (Fsp3) is 0.226. The first-order chi connectivity index (χ1) is 18.5. The minimum atomic E-state index is -0.733. The number of methoxy groups -OCH3 is 1. The zero-order chi connectivity index (χ0) is 26.9. The largest absolute Gasteiger partial charge is 0.508 e. The lowest BCUT2D eigenvalue weighted by atomic mass is 10.0. The fourth-order valence-electron chi connectivity index (χ4n) is 4.23. The van der Waals surface area contributed by atoms with Gasteiger partial charge in [-0.25, -0.2) is 0 Å². The standard InChI is InChI=1S/C31H34N2O5/c1-37-31-12-10-27(17-28(31)23-4-2-3-22(15-23)18-32)38-26-8-5-21(6-9-26)13-14-33-19-30(36)24-7-11-29(35)25(16-24)20-34/h2-12,15-17,30,33-36H,13-14,18-20,32H2,1H3. The first-order valence-electron chi connectivity index (χ1n) is 12.6. The summed E-state index contributed by atoms with van der Waals surface area (Å²) >= 11 is 0. The van der Waals surface area contributed by atoms with Gasteiger partial charge in [0.05, 0.1) is 19.8 Å². The van der Waals surface area contributed by atoms with Crippen LogP contribution in [0.3, 0.4) is 0 Å². The Morgan fingerprint density at radius 1 is 0.895 bits per heavy atom. The Balaban J connectivity index is 1.32. The van der Waals surface area contributed by atoms with Crippen molar-refractivity contribution in [2.75, 3.05) is 20.2 Å². The highest BCUT2D eigenvalue weighted by atomic mass is 16.5. The van der Waals surface area contributed by atoms with Crippen LogP contribution in [0.5, 0.6) is 23.0 Å². The van der Waals surface area contributed by atoms with Gasteiger partial charge in [0, 0.05) is 24.2 Å². The van der Waals surface area contributed by atoms with Crippen molar-refractivity contribution in [3.63, 3.8) is 0 Å². The first kappa shape index (κ1) is 27.2. The van der Waals surface area contributed by atoms with Crippen LogP contribution in [-0.2, 0) is 19.6 Å². The SMILES string of the molecule is COc1ccc(Oc2ccc(CCNCC(O)c3ccc(O)c(CO)c3)cc2)cc1-c1cccc(CN)c1. The minimum absolute atomic E-state index is 0.0218. The summed E-state index contributed by atoms with van der Waals surface area (Å²) in [5.41, 5.74) is 11.0. The van der Waals surface area contributed by atoms with Gasteiger partial charge in [-0.1, -0.05) is 36.4 Å². The van der Waals surface area contributed by atoms with Gasteiger partial charge in [0.1, 0.15) is 23.0 Å². The Hall–Kier alpha value is -3.88. The average molecular weight is 515 g/mol. The number of phenols is 1. The number of hydrogen-bond acceptors (Lipinski definition) is 7. The molecule has 0 heterocycles. The summed E-state index contributed by atoms with van der Waals surface area (Å²) < 4.78 is 11.7. The molecule has 7 heteroatoms. The Bertz CT molecular complexity index is 1340. The summed E-state index contributed by atoms with van der Waals surface area (Å²) in [5.74, 6) is 2.23. The maximum absolute atomic E-state index is 10.4. The van der Waals surface area contributed by atoms with Gasteiger partial charge in [0.25, 0.3) is 0 Å². The van der Waals surface area contributed by atoms with E-state index in [1.165, 1.54) is 6.07 Å². The summed E-state index contributed by atoms with van der Waals surface area (Å²) in [4.78, 5) is 0.